The monoisotopic (exact) mass is 250 g/mol. The second-order valence-corrected chi connectivity index (χ2v) is 5.04. The van der Waals surface area contributed by atoms with Gasteiger partial charge < -0.3 is 10.6 Å². The summed E-state index contributed by atoms with van der Waals surface area (Å²) in [6.45, 7) is 6.30. The van der Waals surface area contributed by atoms with Gasteiger partial charge in [0.05, 0.1) is 5.69 Å². The molecule has 0 saturated carbocycles. The molecule has 100 valence electrons. The molecule has 2 unspecified atom stereocenters. The van der Waals surface area contributed by atoms with Gasteiger partial charge in [-0.3, -0.25) is 9.48 Å². The van der Waals surface area contributed by atoms with E-state index in [9.17, 15) is 4.79 Å². The number of amides is 1. The van der Waals surface area contributed by atoms with Crippen LogP contribution in [0.2, 0.25) is 0 Å². The summed E-state index contributed by atoms with van der Waals surface area (Å²) in [5, 5.41) is 10.8. The predicted octanol–water partition coefficient (Wildman–Crippen LogP) is 2.15. The van der Waals surface area contributed by atoms with Crippen LogP contribution in [0.4, 0.5) is 11.5 Å². The van der Waals surface area contributed by atoms with Crippen LogP contribution < -0.4 is 10.6 Å². The quantitative estimate of drug-likeness (QED) is 0.861. The van der Waals surface area contributed by atoms with Crippen LogP contribution >= 0.6 is 0 Å². The van der Waals surface area contributed by atoms with E-state index >= 15 is 0 Å². The van der Waals surface area contributed by atoms with E-state index < -0.39 is 0 Å². The molecule has 1 aromatic rings. The molecule has 0 spiro atoms. The highest BCUT2D eigenvalue weighted by atomic mass is 16.2. The predicted molar refractivity (Wildman–Crippen MR) is 72.7 cm³/mol. The maximum atomic E-state index is 12.1. The molecule has 0 bridgehead atoms. The van der Waals surface area contributed by atoms with Gasteiger partial charge >= 0.3 is 0 Å². The van der Waals surface area contributed by atoms with Crippen molar-refractivity contribution < 1.29 is 4.79 Å². The number of hydrogen-bond donors (Lipinski definition) is 2. The van der Waals surface area contributed by atoms with Gasteiger partial charge in [-0.05, 0) is 12.3 Å². The standard InChI is InChI=1S/C13H22N4O/c1-5-7-9-11-12(17(4)16-9)14-10(8(3)6-2)13(18)15-11/h8,10,14H,5-7H2,1-4H3,(H,15,18). The zero-order valence-electron chi connectivity index (χ0n) is 11.6. The van der Waals surface area contributed by atoms with E-state index in [0.717, 1.165) is 36.5 Å². The van der Waals surface area contributed by atoms with Gasteiger partial charge in [0.1, 0.15) is 17.5 Å². The SMILES string of the molecule is CCCc1nn(C)c2c1NC(=O)C(C(C)CC)N2. The smallest absolute Gasteiger partial charge is 0.247 e. The Labute approximate surface area is 108 Å². The van der Waals surface area contributed by atoms with Gasteiger partial charge in [0.2, 0.25) is 5.91 Å². The van der Waals surface area contributed by atoms with Crippen molar-refractivity contribution >= 4 is 17.4 Å². The number of anilines is 2. The van der Waals surface area contributed by atoms with Crippen molar-refractivity contribution in [2.75, 3.05) is 10.6 Å². The fraction of sp³-hybridized carbons (Fsp3) is 0.692. The first-order chi connectivity index (χ1) is 8.58. The minimum Gasteiger partial charge on any atom is -0.357 e. The summed E-state index contributed by atoms with van der Waals surface area (Å²) in [5.74, 6) is 1.30. The summed E-state index contributed by atoms with van der Waals surface area (Å²) in [5.41, 5.74) is 1.84. The fourth-order valence-corrected chi connectivity index (χ4v) is 2.34. The van der Waals surface area contributed by atoms with Crippen molar-refractivity contribution in [1.82, 2.24) is 9.78 Å². The normalized spacial score (nSPS) is 20.0. The third-order valence-corrected chi connectivity index (χ3v) is 3.64. The van der Waals surface area contributed by atoms with Gasteiger partial charge in [0.15, 0.2) is 0 Å². The summed E-state index contributed by atoms with van der Waals surface area (Å²) in [6, 6.07) is -0.160. The molecular formula is C13H22N4O. The molecule has 0 radical (unpaired) electrons. The van der Waals surface area contributed by atoms with Crippen molar-refractivity contribution in [1.29, 1.82) is 0 Å². The zero-order chi connectivity index (χ0) is 13.3. The molecule has 2 N–H and O–H groups in total. The largest absolute Gasteiger partial charge is 0.357 e. The Balaban J connectivity index is 2.31. The number of carbonyl (C=O) groups excluding carboxylic acids is 1. The average Bonchev–Trinajstić information content (AvgIpc) is 2.64. The molecule has 1 aromatic heterocycles. The van der Waals surface area contributed by atoms with Crippen LogP contribution in [0.5, 0.6) is 0 Å². The maximum absolute atomic E-state index is 12.1. The topological polar surface area (TPSA) is 59.0 Å². The Morgan fingerprint density at radius 1 is 1.44 bits per heavy atom. The van der Waals surface area contributed by atoms with E-state index in [1.807, 2.05) is 11.7 Å². The van der Waals surface area contributed by atoms with E-state index in [1.165, 1.54) is 0 Å². The lowest BCUT2D eigenvalue weighted by molar-refractivity contribution is -0.118. The first kappa shape index (κ1) is 12.9. The van der Waals surface area contributed by atoms with E-state index in [0.29, 0.717) is 5.92 Å². The Kier molecular flexibility index (Phi) is 3.59. The van der Waals surface area contributed by atoms with Crippen molar-refractivity contribution in [3.05, 3.63) is 5.69 Å². The third-order valence-electron chi connectivity index (χ3n) is 3.64. The number of aromatic nitrogens is 2. The second-order valence-electron chi connectivity index (χ2n) is 5.04. The average molecular weight is 250 g/mol. The fourth-order valence-electron chi connectivity index (χ4n) is 2.34. The first-order valence-corrected chi connectivity index (χ1v) is 6.71. The molecule has 1 amide bonds. The second kappa shape index (κ2) is 5.00. The third kappa shape index (κ3) is 2.09. The molecule has 0 aliphatic carbocycles. The van der Waals surface area contributed by atoms with Crippen LogP contribution in [0.3, 0.4) is 0 Å². The van der Waals surface area contributed by atoms with Crippen LogP contribution in [0.15, 0.2) is 0 Å². The Morgan fingerprint density at radius 2 is 2.17 bits per heavy atom. The molecule has 0 aromatic carbocycles. The highest BCUT2D eigenvalue weighted by Crippen LogP contribution is 2.32. The molecule has 0 fully saturated rings. The lowest BCUT2D eigenvalue weighted by Gasteiger charge is -2.29. The summed E-state index contributed by atoms with van der Waals surface area (Å²) < 4.78 is 1.83. The number of carbonyl (C=O) groups is 1. The highest BCUT2D eigenvalue weighted by Gasteiger charge is 2.32. The minimum atomic E-state index is -0.160. The lowest BCUT2D eigenvalue weighted by atomic mass is 9.97. The van der Waals surface area contributed by atoms with Gasteiger partial charge in [-0.25, -0.2) is 0 Å². The number of nitrogens with one attached hydrogen (secondary N) is 2. The summed E-state index contributed by atoms with van der Waals surface area (Å²) in [6.07, 6.45) is 2.88. The number of nitrogens with zero attached hydrogens (tertiary/aromatic N) is 2. The Morgan fingerprint density at radius 3 is 2.78 bits per heavy atom. The molecule has 5 nitrogen and oxygen atoms in total. The molecule has 0 saturated heterocycles. The van der Waals surface area contributed by atoms with Crippen LogP contribution in [-0.4, -0.2) is 21.7 Å². The van der Waals surface area contributed by atoms with Gasteiger partial charge in [-0.1, -0.05) is 33.6 Å². The van der Waals surface area contributed by atoms with Crippen LogP contribution in [0, 0.1) is 5.92 Å². The van der Waals surface area contributed by atoms with Crippen LogP contribution in [0.1, 0.15) is 39.3 Å². The van der Waals surface area contributed by atoms with E-state index in [4.69, 9.17) is 0 Å². The maximum Gasteiger partial charge on any atom is 0.247 e. The minimum absolute atomic E-state index is 0.0576. The van der Waals surface area contributed by atoms with Gasteiger partial charge in [-0.2, -0.15) is 5.10 Å². The lowest BCUT2D eigenvalue weighted by Crippen LogP contribution is -2.43. The highest BCUT2D eigenvalue weighted by molar-refractivity contribution is 6.03. The molecule has 5 heteroatoms. The van der Waals surface area contributed by atoms with Gasteiger partial charge in [0, 0.05) is 7.05 Å². The van der Waals surface area contributed by atoms with Crippen LogP contribution in [-0.2, 0) is 18.3 Å². The molecule has 18 heavy (non-hydrogen) atoms. The summed E-state index contributed by atoms with van der Waals surface area (Å²) >= 11 is 0. The summed E-state index contributed by atoms with van der Waals surface area (Å²) in [7, 11) is 1.91. The molecule has 1 aliphatic rings. The molecular weight excluding hydrogens is 228 g/mol. The molecule has 2 heterocycles. The van der Waals surface area contributed by atoms with Crippen molar-refractivity contribution in [3.8, 4) is 0 Å². The number of fused-ring (bicyclic) bond motifs is 1. The Hall–Kier alpha value is -1.52. The Bertz CT molecular complexity index is 452. The molecule has 2 atom stereocenters. The van der Waals surface area contributed by atoms with E-state index in [2.05, 4.69) is 36.5 Å². The zero-order valence-corrected chi connectivity index (χ0v) is 11.6. The summed E-state index contributed by atoms with van der Waals surface area (Å²) in [4.78, 5) is 12.1. The van der Waals surface area contributed by atoms with Crippen molar-refractivity contribution in [2.45, 2.75) is 46.1 Å². The van der Waals surface area contributed by atoms with E-state index in [1.54, 1.807) is 0 Å². The number of rotatable bonds is 4. The van der Waals surface area contributed by atoms with E-state index in [-0.39, 0.29) is 11.9 Å². The van der Waals surface area contributed by atoms with Crippen LogP contribution in [0.25, 0.3) is 0 Å². The number of hydrogen-bond acceptors (Lipinski definition) is 3. The first-order valence-electron chi connectivity index (χ1n) is 6.71. The van der Waals surface area contributed by atoms with Crippen molar-refractivity contribution in [3.63, 3.8) is 0 Å². The number of aryl methyl sites for hydroxylation is 2. The molecule has 2 rings (SSSR count). The van der Waals surface area contributed by atoms with Gasteiger partial charge in [-0.15, -0.1) is 0 Å². The van der Waals surface area contributed by atoms with Crippen molar-refractivity contribution in [2.24, 2.45) is 13.0 Å². The van der Waals surface area contributed by atoms with Gasteiger partial charge in [0.25, 0.3) is 0 Å². The molecule has 1 aliphatic heterocycles.